The third-order valence-electron chi connectivity index (χ3n) is 3.33. The molecule has 1 aliphatic carbocycles. The summed E-state index contributed by atoms with van der Waals surface area (Å²) < 4.78 is 33.4. The Kier molecular flexibility index (Phi) is 3.40. The Labute approximate surface area is 119 Å². The predicted octanol–water partition coefficient (Wildman–Crippen LogP) is 2.56. The summed E-state index contributed by atoms with van der Waals surface area (Å²) in [5.74, 6) is -1.17. The molecule has 0 unspecified atom stereocenters. The van der Waals surface area contributed by atoms with Gasteiger partial charge in [0.1, 0.15) is 17.5 Å². The SMILES string of the molecule is Cc1nnc(COC(=O)c2cc(F)ccc2F)n1C1CC1. The number of benzene rings is 1. The van der Waals surface area contributed by atoms with Crippen LogP contribution in [0, 0.1) is 18.6 Å². The molecule has 3 rings (SSSR count). The number of hydrogen-bond donors (Lipinski definition) is 0. The topological polar surface area (TPSA) is 57.0 Å². The van der Waals surface area contributed by atoms with Gasteiger partial charge in [0.05, 0.1) is 5.56 Å². The van der Waals surface area contributed by atoms with Crippen LogP contribution in [0.1, 0.15) is 40.9 Å². The largest absolute Gasteiger partial charge is 0.454 e. The van der Waals surface area contributed by atoms with Gasteiger partial charge in [0.15, 0.2) is 12.4 Å². The van der Waals surface area contributed by atoms with E-state index in [9.17, 15) is 13.6 Å². The molecular weight excluding hydrogens is 280 g/mol. The van der Waals surface area contributed by atoms with E-state index in [1.165, 1.54) is 0 Å². The number of aromatic nitrogens is 3. The number of nitrogens with zero attached hydrogens (tertiary/aromatic N) is 3. The van der Waals surface area contributed by atoms with E-state index >= 15 is 0 Å². The maximum Gasteiger partial charge on any atom is 0.341 e. The maximum absolute atomic E-state index is 13.5. The molecule has 0 bridgehead atoms. The van der Waals surface area contributed by atoms with Crippen molar-refractivity contribution >= 4 is 5.97 Å². The van der Waals surface area contributed by atoms with E-state index in [4.69, 9.17) is 4.74 Å². The lowest BCUT2D eigenvalue weighted by Gasteiger charge is -2.08. The van der Waals surface area contributed by atoms with Crippen LogP contribution < -0.4 is 0 Å². The minimum atomic E-state index is -0.921. The first kappa shape index (κ1) is 13.7. The summed E-state index contributed by atoms with van der Waals surface area (Å²) in [7, 11) is 0. The number of ether oxygens (including phenoxy) is 1. The molecular formula is C14H13F2N3O2. The van der Waals surface area contributed by atoms with Crippen LogP contribution >= 0.6 is 0 Å². The quantitative estimate of drug-likeness (QED) is 0.813. The Morgan fingerprint density at radius 1 is 1.38 bits per heavy atom. The summed E-state index contributed by atoms with van der Waals surface area (Å²) >= 11 is 0. The zero-order chi connectivity index (χ0) is 15.0. The Balaban J connectivity index is 1.73. The predicted molar refractivity (Wildman–Crippen MR) is 68.5 cm³/mol. The monoisotopic (exact) mass is 293 g/mol. The summed E-state index contributed by atoms with van der Waals surface area (Å²) in [5.41, 5.74) is -0.427. The number of carbonyl (C=O) groups is 1. The van der Waals surface area contributed by atoms with E-state index in [0.717, 1.165) is 36.9 Å². The Morgan fingerprint density at radius 3 is 2.86 bits per heavy atom. The number of carbonyl (C=O) groups excluding carboxylic acids is 1. The fourth-order valence-corrected chi connectivity index (χ4v) is 2.18. The molecule has 1 aliphatic rings. The number of rotatable bonds is 4. The normalized spacial score (nSPS) is 14.2. The van der Waals surface area contributed by atoms with E-state index in [-0.39, 0.29) is 6.61 Å². The Bertz CT molecular complexity index is 696. The summed E-state index contributed by atoms with van der Waals surface area (Å²) in [4.78, 5) is 11.8. The van der Waals surface area contributed by atoms with Crippen LogP contribution in [0.5, 0.6) is 0 Å². The number of halogens is 2. The molecule has 0 saturated heterocycles. The first-order valence-corrected chi connectivity index (χ1v) is 6.59. The van der Waals surface area contributed by atoms with Crippen molar-refractivity contribution in [2.75, 3.05) is 0 Å². The maximum atomic E-state index is 13.5. The molecule has 0 aliphatic heterocycles. The van der Waals surface area contributed by atoms with Crippen LogP contribution in [0.4, 0.5) is 8.78 Å². The van der Waals surface area contributed by atoms with Crippen molar-refractivity contribution in [2.24, 2.45) is 0 Å². The van der Waals surface area contributed by atoms with E-state index in [1.807, 2.05) is 11.5 Å². The zero-order valence-electron chi connectivity index (χ0n) is 11.3. The van der Waals surface area contributed by atoms with Gasteiger partial charge in [-0.3, -0.25) is 0 Å². The smallest absolute Gasteiger partial charge is 0.341 e. The fourth-order valence-electron chi connectivity index (χ4n) is 2.18. The lowest BCUT2D eigenvalue weighted by atomic mass is 10.2. The van der Waals surface area contributed by atoms with Crippen molar-refractivity contribution in [3.05, 3.63) is 47.0 Å². The molecule has 1 heterocycles. The molecule has 5 nitrogen and oxygen atoms in total. The van der Waals surface area contributed by atoms with Crippen molar-refractivity contribution in [1.29, 1.82) is 0 Å². The van der Waals surface area contributed by atoms with Crippen molar-refractivity contribution in [1.82, 2.24) is 14.8 Å². The van der Waals surface area contributed by atoms with Crippen molar-refractivity contribution in [3.63, 3.8) is 0 Å². The van der Waals surface area contributed by atoms with Gasteiger partial charge in [-0.1, -0.05) is 0 Å². The van der Waals surface area contributed by atoms with Crippen LogP contribution in [0.2, 0.25) is 0 Å². The lowest BCUT2D eigenvalue weighted by Crippen LogP contribution is -2.11. The van der Waals surface area contributed by atoms with Gasteiger partial charge < -0.3 is 9.30 Å². The molecule has 2 aromatic rings. The average Bonchev–Trinajstić information content (AvgIpc) is 3.22. The van der Waals surface area contributed by atoms with Gasteiger partial charge in [-0.05, 0) is 38.0 Å². The zero-order valence-corrected chi connectivity index (χ0v) is 11.3. The molecule has 0 atom stereocenters. The fraction of sp³-hybridized carbons (Fsp3) is 0.357. The second-order valence-corrected chi connectivity index (χ2v) is 4.96. The average molecular weight is 293 g/mol. The van der Waals surface area contributed by atoms with Gasteiger partial charge >= 0.3 is 5.97 Å². The van der Waals surface area contributed by atoms with Crippen LogP contribution in [0.3, 0.4) is 0 Å². The minimum Gasteiger partial charge on any atom is -0.454 e. The summed E-state index contributed by atoms with van der Waals surface area (Å²) in [6.07, 6.45) is 2.08. The highest BCUT2D eigenvalue weighted by Gasteiger charge is 2.28. The second-order valence-electron chi connectivity index (χ2n) is 4.96. The molecule has 1 aromatic carbocycles. The molecule has 0 amide bonds. The van der Waals surface area contributed by atoms with Gasteiger partial charge in [-0.15, -0.1) is 10.2 Å². The lowest BCUT2D eigenvalue weighted by molar-refractivity contribution is 0.0451. The van der Waals surface area contributed by atoms with Crippen LogP contribution in [-0.4, -0.2) is 20.7 Å². The van der Waals surface area contributed by atoms with E-state index in [0.29, 0.717) is 11.9 Å². The molecule has 0 spiro atoms. The molecule has 1 aromatic heterocycles. The van der Waals surface area contributed by atoms with E-state index < -0.39 is 23.2 Å². The van der Waals surface area contributed by atoms with Crippen LogP contribution in [-0.2, 0) is 11.3 Å². The van der Waals surface area contributed by atoms with E-state index in [2.05, 4.69) is 10.2 Å². The summed E-state index contributed by atoms with van der Waals surface area (Å²) in [6.45, 7) is 1.70. The summed E-state index contributed by atoms with van der Waals surface area (Å²) in [6, 6.07) is 3.00. The highest BCUT2D eigenvalue weighted by atomic mass is 19.1. The van der Waals surface area contributed by atoms with Crippen LogP contribution in [0.15, 0.2) is 18.2 Å². The van der Waals surface area contributed by atoms with Gasteiger partial charge in [0, 0.05) is 6.04 Å². The number of hydrogen-bond acceptors (Lipinski definition) is 4. The standard InChI is InChI=1S/C14H13F2N3O2/c1-8-17-18-13(19(8)10-3-4-10)7-21-14(20)11-6-9(15)2-5-12(11)16/h2,5-6,10H,3-4,7H2,1H3. The number of esters is 1. The highest BCUT2D eigenvalue weighted by molar-refractivity contribution is 5.89. The van der Waals surface area contributed by atoms with Gasteiger partial charge in [0.2, 0.25) is 0 Å². The Hall–Kier alpha value is -2.31. The van der Waals surface area contributed by atoms with Gasteiger partial charge in [0.25, 0.3) is 0 Å². The van der Waals surface area contributed by atoms with Crippen LogP contribution in [0.25, 0.3) is 0 Å². The van der Waals surface area contributed by atoms with E-state index in [1.54, 1.807) is 0 Å². The molecule has 1 fully saturated rings. The first-order chi connectivity index (χ1) is 10.1. The Morgan fingerprint density at radius 2 is 2.14 bits per heavy atom. The number of aryl methyl sites for hydroxylation is 1. The molecule has 0 N–H and O–H groups in total. The third kappa shape index (κ3) is 2.76. The summed E-state index contributed by atoms with van der Waals surface area (Å²) in [5, 5.41) is 7.90. The van der Waals surface area contributed by atoms with Crippen molar-refractivity contribution in [2.45, 2.75) is 32.4 Å². The van der Waals surface area contributed by atoms with Crippen molar-refractivity contribution < 1.29 is 18.3 Å². The minimum absolute atomic E-state index is 0.119. The van der Waals surface area contributed by atoms with Crippen molar-refractivity contribution in [3.8, 4) is 0 Å². The molecule has 110 valence electrons. The third-order valence-corrected chi connectivity index (χ3v) is 3.33. The molecule has 0 radical (unpaired) electrons. The second kappa shape index (κ2) is 5.23. The molecule has 7 heteroatoms. The van der Waals surface area contributed by atoms with Gasteiger partial charge in [-0.2, -0.15) is 0 Å². The molecule has 21 heavy (non-hydrogen) atoms. The highest BCUT2D eigenvalue weighted by Crippen LogP contribution is 2.36. The van der Waals surface area contributed by atoms with Gasteiger partial charge in [-0.25, -0.2) is 13.6 Å². The molecule has 1 saturated carbocycles. The first-order valence-electron chi connectivity index (χ1n) is 6.59.